The smallest absolute Gasteiger partial charge is 0.119 e. The van der Waals surface area contributed by atoms with Gasteiger partial charge in [0.05, 0.1) is 7.11 Å². The molecule has 106 valence electrons. The van der Waals surface area contributed by atoms with Crippen LogP contribution in [-0.2, 0) is 0 Å². The molecule has 3 N–H and O–H groups in total. The van der Waals surface area contributed by atoms with Crippen LogP contribution in [0.1, 0.15) is 55.7 Å². The van der Waals surface area contributed by atoms with E-state index in [0.717, 1.165) is 18.1 Å². The van der Waals surface area contributed by atoms with Gasteiger partial charge in [0.25, 0.3) is 0 Å². The number of nitrogens with two attached hydrogens (primary N) is 1. The van der Waals surface area contributed by atoms with E-state index in [1.165, 1.54) is 43.2 Å². The third kappa shape index (κ3) is 3.71. The van der Waals surface area contributed by atoms with E-state index in [2.05, 4.69) is 24.5 Å². The molecule has 3 nitrogen and oxygen atoms in total. The number of rotatable bonds is 6. The number of hydrazine groups is 1. The first kappa shape index (κ1) is 14.4. The van der Waals surface area contributed by atoms with E-state index in [-0.39, 0.29) is 6.04 Å². The highest BCUT2D eigenvalue weighted by Crippen LogP contribution is 2.32. The van der Waals surface area contributed by atoms with Crippen LogP contribution >= 0.6 is 0 Å². The highest BCUT2D eigenvalue weighted by molar-refractivity contribution is 5.36. The molecular formula is C16H26N2O. The molecule has 1 saturated carbocycles. The SMILES string of the molecule is COc1ccc(C(CCC2CCCC2)NN)c(C)c1. The fourth-order valence-electron chi connectivity index (χ4n) is 3.20. The van der Waals surface area contributed by atoms with Crippen LogP contribution in [0.4, 0.5) is 0 Å². The molecule has 0 spiro atoms. The minimum absolute atomic E-state index is 0.256. The lowest BCUT2D eigenvalue weighted by Gasteiger charge is -2.20. The fraction of sp³-hybridized carbons (Fsp3) is 0.625. The second-order valence-corrected chi connectivity index (χ2v) is 5.67. The lowest BCUT2D eigenvalue weighted by atomic mass is 9.93. The van der Waals surface area contributed by atoms with Gasteiger partial charge < -0.3 is 4.74 Å². The van der Waals surface area contributed by atoms with Crippen LogP contribution in [0.2, 0.25) is 0 Å². The Morgan fingerprint density at radius 1 is 1.37 bits per heavy atom. The standard InChI is InChI=1S/C16H26N2O/c1-12-11-14(19-2)8-9-15(12)16(18-17)10-7-13-5-3-4-6-13/h8-9,11,13,16,18H,3-7,10,17H2,1-2H3. The van der Waals surface area contributed by atoms with Crippen molar-refractivity contribution < 1.29 is 4.74 Å². The Balaban J connectivity index is 1.99. The molecule has 3 heteroatoms. The maximum absolute atomic E-state index is 5.75. The molecule has 1 aliphatic rings. The predicted molar refractivity (Wildman–Crippen MR) is 79.0 cm³/mol. The van der Waals surface area contributed by atoms with Gasteiger partial charge in [0, 0.05) is 6.04 Å². The molecule has 0 amide bonds. The van der Waals surface area contributed by atoms with Gasteiger partial charge in [-0.15, -0.1) is 0 Å². The van der Waals surface area contributed by atoms with Crippen LogP contribution in [0.5, 0.6) is 5.75 Å². The minimum Gasteiger partial charge on any atom is -0.497 e. The number of ether oxygens (including phenoxy) is 1. The van der Waals surface area contributed by atoms with Crippen LogP contribution in [0.15, 0.2) is 18.2 Å². The molecule has 2 rings (SSSR count). The molecule has 0 heterocycles. The summed E-state index contributed by atoms with van der Waals surface area (Å²) in [7, 11) is 1.70. The fourth-order valence-corrected chi connectivity index (χ4v) is 3.20. The van der Waals surface area contributed by atoms with Crippen molar-refractivity contribution in [2.45, 2.75) is 51.5 Å². The van der Waals surface area contributed by atoms with Crippen LogP contribution in [0.3, 0.4) is 0 Å². The highest BCUT2D eigenvalue weighted by Gasteiger charge is 2.18. The molecule has 1 fully saturated rings. The molecule has 1 unspecified atom stereocenters. The number of aryl methyl sites for hydroxylation is 1. The Bertz CT molecular complexity index is 400. The second-order valence-electron chi connectivity index (χ2n) is 5.67. The van der Waals surface area contributed by atoms with Crippen molar-refractivity contribution >= 4 is 0 Å². The Hall–Kier alpha value is -1.06. The molecule has 0 aromatic heterocycles. The van der Waals surface area contributed by atoms with E-state index in [9.17, 15) is 0 Å². The summed E-state index contributed by atoms with van der Waals surface area (Å²) in [6, 6.07) is 6.48. The molecule has 1 aromatic carbocycles. The maximum atomic E-state index is 5.75. The van der Waals surface area contributed by atoms with E-state index in [1.54, 1.807) is 7.11 Å². The van der Waals surface area contributed by atoms with Crippen molar-refractivity contribution in [2.75, 3.05) is 7.11 Å². The number of hydrogen-bond acceptors (Lipinski definition) is 3. The van der Waals surface area contributed by atoms with Gasteiger partial charge in [0.15, 0.2) is 0 Å². The molecule has 19 heavy (non-hydrogen) atoms. The van der Waals surface area contributed by atoms with Crippen molar-refractivity contribution in [3.63, 3.8) is 0 Å². The quantitative estimate of drug-likeness (QED) is 0.609. The summed E-state index contributed by atoms with van der Waals surface area (Å²) in [5, 5.41) is 0. The van der Waals surface area contributed by atoms with Gasteiger partial charge in [-0.25, -0.2) is 0 Å². The third-order valence-corrected chi connectivity index (χ3v) is 4.39. The van der Waals surface area contributed by atoms with E-state index < -0.39 is 0 Å². The Labute approximate surface area is 116 Å². The van der Waals surface area contributed by atoms with Gasteiger partial charge in [0.2, 0.25) is 0 Å². The molecule has 1 atom stereocenters. The molecule has 0 aliphatic heterocycles. The Kier molecular flexibility index (Phi) is 5.23. The van der Waals surface area contributed by atoms with Crippen LogP contribution in [0, 0.1) is 12.8 Å². The zero-order valence-electron chi connectivity index (χ0n) is 12.1. The topological polar surface area (TPSA) is 47.3 Å². The number of benzene rings is 1. The second kappa shape index (κ2) is 6.92. The van der Waals surface area contributed by atoms with E-state index >= 15 is 0 Å². The van der Waals surface area contributed by atoms with Crippen molar-refractivity contribution in [3.05, 3.63) is 29.3 Å². The van der Waals surface area contributed by atoms with Gasteiger partial charge in [-0.05, 0) is 48.9 Å². The molecular weight excluding hydrogens is 236 g/mol. The molecule has 0 radical (unpaired) electrons. The summed E-state index contributed by atoms with van der Waals surface area (Å²) < 4.78 is 5.25. The summed E-state index contributed by atoms with van der Waals surface area (Å²) in [6.45, 7) is 2.12. The number of hydrogen-bond donors (Lipinski definition) is 2. The summed E-state index contributed by atoms with van der Waals surface area (Å²) in [5.41, 5.74) is 5.52. The van der Waals surface area contributed by atoms with Crippen molar-refractivity contribution in [1.29, 1.82) is 0 Å². The lowest BCUT2D eigenvalue weighted by molar-refractivity contribution is 0.408. The zero-order chi connectivity index (χ0) is 13.7. The van der Waals surface area contributed by atoms with Gasteiger partial charge in [-0.1, -0.05) is 31.7 Å². The van der Waals surface area contributed by atoms with Crippen molar-refractivity contribution in [3.8, 4) is 5.75 Å². The van der Waals surface area contributed by atoms with Crippen LogP contribution < -0.4 is 16.0 Å². The summed E-state index contributed by atoms with van der Waals surface area (Å²) in [5.74, 6) is 7.57. The molecule has 0 bridgehead atoms. The van der Waals surface area contributed by atoms with E-state index in [1.807, 2.05) is 6.07 Å². The monoisotopic (exact) mass is 262 g/mol. The van der Waals surface area contributed by atoms with Gasteiger partial charge >= 0.3 is 0 Å². The van der Waals surface area contributed by atoms with Crippen molar-refractivity contribution in [2.24, 2.45) is 11.8 Å². The average Bonchev–Trinajstić information content (AvgIpc) is 2.94. The van der Waals surface area contributed by atoms with E-state index in [4.69, 9.17) is 10.6 Å². The lowest BCUT2D eigenvalue weighted by Crippen LogP contribution is -2.29. The molecule has 0 saturated heterocycles. The minimum atomic E-state index is 0.256. The Morgan fingerprint density at radius 3 is 2.68 bits per heavy atom. The third-order valence-electron chi connectivity index (χ3n) is 4.39. The van der Waals surface area contributed by atoms with Crippen LogP contribution in [-0.4, -0.2) is 7.11 Å². The summed E-state index contributed by atoms with van der Waals surface area (Å²) in [4.78, 5) is 0. The molecule has 1 aromatic rings. The van der Waals surface area contributed by atoms with Crippen molar-refractivity contribution in [1.82, 2.24) is 5.43 Å². The summed E-state index contributed by atoms with van der Waals surface area (Å²) in [6.07, 6.45) is 8.02. The predicted octanol–water partition coefficient (Wildman–Crippen LogP) is 3.48. The molecule has 1 aliphatic carbocycles. The first-order valence-corrected chi connectivity index (χ1v) is 7.35. The zero-order valence-corrected chi connectivity index (χ0v) is 12.1. The Morgan fingerprint density at radius 2 is 2.11 bits per heavy atom. The maximum Gasteiger partial charge on any atom is 0.119 e. The van der Waals surface area contributed by atoms with Crippen LogP contribution in [0.25, 0.3) is 0 Å². The first-order valence-electron chi connectivity index (χ1n) is 7.35. The number of nitrogens with one attached hydrogen (secondary N) is 1. The number of methoxy groups -OCH3 is 1. The first-order chi connectivity index (χ1) is 9.24. The average molecular weight is 262 g/mol. The van der Waals surface area contributed by atoms with Gasteiger partial charge in [0.1, 0.15) is 5.75 Å². The highest BCUT2D eigenvalue weighted by atomic mass is 16.5. The van der Waals surface area contributed by atoms with Gasteiger partial charge in [-0.2, -0.15) is 0 Å². The normalized spacial score (nSPS) is 17.6. The van der Waals surface area contributed by atoms with E-state index in [0.29, 0.717) is 0 Å². The summed E-state index contributed by atoms with van der Waals surface area (Å²) >= 11 is 0. The largest absolute Gasteiger partial charge is 0.497 e. The van der Waals surface area contributed by atoms with Gasteiger partial charge in [-0.3, -0.25) is 11.3 Å².